The maximum atomic E-state index is 5.88. The van der Waals surface area contributed by atoms with Crippen molar-refractivity contribution in [1.29, 1.82) is 0 Å². The first-order valence-corrected chi connectivity index (χ1v) is 5.96. The molecule has 0 amide bonds. The summed E-state index contributed by atoms with van der Waals surface area (Å²) in [5.41, 5.74) is 6.97. The van der Waals surface area contributed by atoms with E-state index in [-0.39, 0.29) is 0 Å². The number of para-hydroxylation sites is 1. The summed E-state index contributed by atoms with van der Waals surface area (Å²) in [6.07, 6.45) is 0. The number of nitrogens with two attached hydrogens (primary N) is 1. The lowest BCUT2D eigenvalue weighted by Crippen LogP contribution is -2.00. The summed E-state index contributed by atoms with van der Waals surface area (Å²) < 4.78 is 1.95. The van der Waals surface area contributed by atoms with E-state index in [1.165, 1.54) is 4.88 Å². The number of rotatable bonds is 2. The maximum absolute atomic E-state index is 5.88. The van der Waals surface area contributed by atoms with Gasteiger partial charge in [-0.05, 0) is 23.6 Å². The summed E-state index contributed by atoms with van der Waals surface area (Å²) in [6, 6.07) is 12.2. The molecule has 3 rings (SSSR count). The Morgan fingerprint density at radius 1 is 1.19 bits per heavy atom. The van der Waals surface area contributed by atoms with E-state index in [0.717, 1.165) is 17.4 Å². The van der Waals surface area contributed by atoms with Gasteiger partial charge in [0.25, 0.3) is 0 Å². The topological polar surface area (TPSA) is 43.8 Å². The number of hydrogen-bond donors (Lipinski definition) is 1. The van der Waals surface area contributed by atoms with E-state index < -0.39 is 0 Å². The summed E-state index contributed by atoms with van der Waals surface area (Å²) in [6.45, 7) is 0.787. The molecule has 0 saturated heterocycles. The van der Waals surface area contributed by atoms with Crippen LogP contribution in [0.4, 0.5) is 5.82 Å². The summed E-state index contributed by atoms with van der Waals surface area (Å²) in [5.74, 6) is 0.604. The molecule has 2 heterocycles. The van der Waals surface area contributed by atoms with E-state index in [1.807, 2.05) is 28.9 Å². The molecule has 0 aliphatic heterocycles. The molecule has 3 aromatic rings. The van der Waals surface area contributed by atoms with Crippen LogP contribution in [0.15, 0.2) is 41.8 Å². The number of fused-ring (bicyclic) bond motifs is 1. The van der Waals surface area contributed by atoms with E-state index in [2.05, 4.69) is 22.6 Å². The Labute approximate surface area is 97.1 Å². The standard InChI is InChI=1S/C12H11N3S/c13-12-10-5-1-2-6-11(10)15(14-12)8-9-4-3-7-16-9/h1-7H,8H2,(H2,13,14). The molecule has 80 valence electrons. The predicted molar refractivity (Wildman–Crippen MR) is 67.6 cm³/mol. The fourth-order valence-electron chi connectivity index (χ4n) is 1.82. The third-order valence-electron chi connectivity index (χ3n) is 2.57. The molecule has 0 spiro atoms. The van der Waals surface area contributed by atoms with Gasteiger partial charge in [-0.1, -0.05) is 18.2 Å². The lowest BCUT2D eigenvalue weighted by molar-refractivity contribution is 0.725. The highest BCUT2D eigenvalue weighted by Crippen LogP contribution is 2.21. The zero-order valence-electron chi connectivity index (χ0n) is 8.63. The van der Waals surface area contributed by atoms with Gasteiger partial charge in [-0.15, -0.1) is 11.3 Å². The zero-order valence-corrected chi connectivity index (χ0v) is 9.45. The smallest absolute Gasteiger partial charge is 0.153 e. The number of nitrogen functional groups attached to an aromatic ring is 1. The second-order valence-corrected chi connectivity index (χ2v) is 4.67. The Morgan fingerprint density at radius 2 is 2.06 bits per heavy atom. The highest BCUT2D eigenvalue weighted by molar-refractivity contribution is 7.09. The fourth-order valence-corrected chi connectivity index (χ4v) is 2.51. The van der Waals surface area contributed by atoms with Gasteiger partial charge >= 0.3 is 0 Å². The first-order valence-electron chi connectivity index (χ1n) is 5.08. The van der Waals surface area contributed by atoms with Crippen molar-refractivity contribution in [3.05, 3.63) is 46.7 Å². The molecule has 0 radical (unpaired) electrons. The van der Waals surface area contributed by atoms with E-state index in [1.54, 1.807) is 11.3 Å². The summed E-state index contributed by atoms with van der Waals surface area (Å²) in [5, 5.41) is 7.47. The Bertz CT molecular complexity index is 610. The molecular formula is C12H11N3S. The van der Waals surface area contributed by atoms with Gasteiger partial charge in [-0.25, -0.2) is 0 Å². The number of hydrogen-bond acceptors (Lipinski definition) is 3. The predicted octanol–water partition coefficient (Wildman–Crippen LogP) is 2.73. The van der Waals surface area contributed by atoms with Crippen LogP contribution in [0.2, 0.25) is 0 Å². The Balaban J connectivity index is 2.10. The molecule has 1 aromatic carbocycles. The van der Waals surface area contributed by atoms with Crippen LogP contribution in [0.25, 0.3) is 10.9 Å². The Morgan fingerprint density at radius 3 is 2.88 bits per heavy atom. The van der Waals surface area contributed by atoms with Gasteiger partial charge in [-0.3, -0.25) is 4.68 Å². The van der Waals surface area contributed by atoms with Crippen molar-refractivity contribution in [2.24, 2.45) is 0 Å². The second-order valence-electron chi connectivity index (χ2n) is 3.64. The summed E-state index contributed by atoms with van der Waals surface area (Å²) in [7, 11) is 0. The van der Waals surface area contributed by atoms with Gasteiger partial charge in [0.15, 0.2) is 5.82 Å². The van der Waals surface area contributed by atoms with Crippen LogP contribution >= 0.6 is 11.3 Å². The summed E-state index contributed by atoms with van der Waals surface area (Å²) in [4.78, 5) is 1.29. The molecule has 4 heteroatoms. The van der Waals surface area contributed by atoms with Crippen LogP contribution in [-0.2, 0) is 6.54 Å². The van der Waals surface area contributed by atoms with Crippen molar-refractivity contribution in [3.8, 4) is 0 Å². The van der Waals surface area contributed by atoms with Gasteiger partial charge in [0.1, 0.15) is 0 Å². The first kappa shape index (κ1) is 9.42. The van der Waals surface area contributed by atoms with Gasteiger partial charge in [0.05, 0.1) is 12.1 Å². The number of anilines is 1. The van der Waals surface area contributed by atoms with Crippen molar-refractivity contribution < 1.29 is 0 Å². The first-order chi connectivity index (χ1) is 7.84. The van der Waals surface area contributed by atoms with Crippen LogP contribution in [0.5, 0.6) is 0 Å². The minimum atomic E-state index is 0.604. The van der Waals surface area contributed by atoms with Gasteiger partial charge < -0.3 is 5.73 Å². The molecule has 16 heavy (non-hydrogen) atoms. The quantitative estimate of drug-likeness (QED) is 0.734. The number of thiophene rings is 1. The van der Waals surface area contributed by atoms with E-state index >= 15 is 0 Å². The van der Waals surface area contributed by atoms with Crippen LogP contribution in [0, 0.1) is 0 Å². The number of benzene rings is 1. The average molecular weight is 229 g/mol. The molecule has 0 atom stereocenters. The van der Waals surface area contributed by atoms with Gasteiger partial charge in [-0.2, -0.15) is 5.10 Å². The lowest BCUT2D eigenvalue weighted by Gasteiger charge is -2.00. The Hall–Kier alpha value is -1.81. The highest BCUT2D eigenvalue weighted by atomic mass is 32.1. The molecule has 0 saturated carbocycles. The monoisotopic (exact) mass is 229 g/mol. The van der Waals surface area contributed by atoms with Gasteiger partial charge in [0.2, 0.25) is 0 Å². The van der Waals surface area contributed by atoms with E-state index in [4.69, 9.17) is 5.73 Å². The second kappa shape index (κ2) is 3.64. The molecule has 0 aliphatic rings. The van der Waals surface area contributed by atoms with E-state index in [9.17, 15) is 0 Å². The lowest BCUT2D eigenvalue weighted by atomic mass is 10.2. The molecule has 0 bridgehead atoms. The molecule has 0 unspecified atom stereocenters. The van der Waals surface area contributed by atoms with Crippen molar-refractivity contribution in [1.82, 2.24) is 9.78 Å². The summed E-state index contributed by atoms with van der Waals surface area (Å²) >= 11 is 1.73. The van der Waals surface area contributed by atoms with Gasteiger partial charge in [0, 0.05) is 10.3 Å². The SMILES string of the molecule is Nc1nn(Cc2cccs2)c2ccccc12. The maximum Gasteiger partial charge on any atom is 0.153 e. The molecular weight excluding hydrogens is 218 g/mol. The van der Waals surface area contributed by atoms with Crippen molar-refractivity contribution in [3.63, 3.8) is 0 Å². The molecule has 0 aliphatic carbocycles. The van der Waals surface area contributed by atoms with Crippen LogP contribution in [0.1, 0.15) is 4.88 Å². The number of aromatic nitrogens is 2. The van der Waals surface area contributed by atoms with Crippen LogP contribution in [-0.4, -0.2) is 9.78 Å². The zero-order chi connectivity index (χ0) is 11.0. The Kier molecular flexibility index (Phi) is 2.15. The number of nitrogens with zero attached hydrogens (tertiary/aromatic N) is 2. The molecule has 0 fully saturated rings. The normalized spacial score (nSPS) is 11.0. The largest absolute Gasteiger partial charge is 0.382 e. The van der Waals surface area contributed by atoms with Crippen LogP contribution < -0.4 is 5.73 Å². The van der Waals surface area contributed by atoms with E-state index in [0.29, 0.717) is 5.82 Å². The fraction of sp³-hybridized carbons (Fsp3) is 0.0833. The van der Waals surface area contributed by atoms with Crippen molar-refractivity contribution in [2.75, 3.05) is 5.73 Å². The molecule has 2 aromatic heterocycles. The van der Waals surface area contributed by atoms with Crippen molar-refractivity contribution in [2.45, 2.75) is 6.54 Å². The average Bonchev–Trinajstić information content (AvgIpc) is 2.90. The molecule has 2 N–H and O–H groups in total. The highest BCUT2D eigenvalue weighted by Gasteiger charge is 2.07. The minimum absolute atomic E-state index is 0.604. The van der Waals surface area contributed by atoms with Crippen LogP contribution in [0.3, 0.4) is 0 Å². The molecule has 3 nitrogen and oxygen atoms in total. The van der Waals surface area contributed by atoms with Crippen molar-refractivity contribution >= 4 is 28.1 Å². The third-order valence-corrected chi connectivity index (χ3v) is 3.43. The minimum Gasteiger partial charge on any atom is -0.382 e. The third kappa shape index (κ3) is 1.47.